The molecule has 2 unspecified atom stereocenters. The maximum Gasteiger partial charge on any atom is 0.0521 e. The van der Waals surface area contributed by atoms with Crippen LogP contribution >= 0.6 is 0 Å². The summed E-state index contributed by atoms with van der Waals surface area (Å²) in [4.78, 5) is 0. The lowest BCUT2D eigenvalue weighted by Crippen LogP contribution is -2.40. The summed E-state index contributed by atoms with van der Waals surface area (Å²) in [7, 11) is 1.97. The van der Waals surface area contributed by atoms with Gasteiger partial charge in [-0.15, -0.1) is 0 Å². The molecule has 2 atom stereocenters. The van der Waals surface area contributed by atoms with E-state index in [9.17, 15) is 0 Å². The normalized spacial score (nSPS) is 15.9. The van der Waals surface area contributed by atoms with Gasteiger partial charge in [-0.05, 0) is 51.1 Å². The molecule has 3 heteroatoms. The molecule has 0 aliphatic carbocycles. The topological polar surface area (TPSA) is 29.9 Å². The van der Waals surface area contributed by atoms with Crippen molar-refractivity contribution in [3.63, 3.8) is 0 Å². The van der Waals surface area contributed by atoms with Gasteiger partial charge in [-0.1, -0.05) is 13.8 Å². The van der Waals surface area contributed by atoms with Crippen molar-refractivity contribution >= 4 is 0 Å². The zero-order chi connectivity index (χ0) is 13.1. The average Bonchev–Trinajstić information content (AvgIpc) is 2.59. The predicted molar refractivity (Wildman–Crippen MR) is 73.0 cm³/mol. The van der Waals surface area contributed by atoms with Gasteiger partial charge in [0.15, 0.2) is 0 Å². The van der Waals surface area contributed by atoms with E-state index in [1.807, 2.05) is 17.9 Å². The number of hydrogen-bond donors (Lipinski definition) is 1. The van der Waals surface area contributed by atoms with E-state index in [4.69, 9.17) is 0 Å². The molecule has 0 radical (unpaired) electrons. The van der Waals surface area contributed by atoms with Gasteiger partial charge in [0.2, 0.25) is 0 Å². The Balaban J connectivity index is 2.39. The molecule has 1 rings (SSSR count). The summed E-state index contributed by atoms with van der Waals surface area (Å²) >= 11 is 0. The van der Waals surface area contributed by atoms with Crippen molar-refractivity contribution in [1.82, 2.24) is 15.1 Å². The molecule has 0 aliphatic heterocycles. The fourth-order valence-electron chi connectivity index (χ4n) is 1.82. The van der Waals surface area contributed by atoms with Crippen molar-refractivity contribution < 1.29 is 0 Å². The van der Waals surface area contributed by atoms with Crippen LogP contribution in [0.3, 0.4) is 0 Å². The van der Waals surface area contributed by atoms with Gasteiger partial charge in [-0.2, -0.15) is 5.10 Å². The molecule has 0 aliphatic rings. The molecular weight excluding hydrogens is 210 g/mol. The minimum absolute atomic E-state index is 0.211. The molecule has 0 aromatic carbocycles. The van der Waals surface area contributed by atoms with Gasteiger partial charge in [0.05, 0.1) is 6.20 Å². The van der Waals surface area contributed by atoms with Crippen LogP contribution in [0.15, 0.2) is 12.4 Å². The average molecular weight is 237 g/mol. The maximum atomic E-state index is 4.22. The quantitative estimate of drug-likeness (QED) is 0.853. The number of nitrogens with one attached hydrogen (secondary N) is 1. The molecule has 0 fully saturated rings. The Morgan fingerprint density at radius 2 is 1.94 bits per heavy atom. The van der Waals surface area contributed by atoms with E-state index >= 15 is 0 Å². The van der Waals surface area contributed by atoms with E-state index in [1.165, 1.54) is 5.56 Å². The molecule has 1 N–H and O–H groups in total. The molecule has 0 saturated heterocycles. The van der Waals surface area contributed by atoms with Gasteiger partial charge in [-0.25, -0.2) is 0 Å². The number of nitrogens with zero attached hydrogens (tertiary/aromatic N) is 2. The highest BCUT2D eigenvalue weighted by Gasteiger charge is 2.16. The first-order chi connectivity index (χ1) is 7.78. The van der Waals surface area contributed by atoms with Crippen LogP contribution in [0.25, 0.3) is 0 Å². The third-order valence-electron chi connectivity index (χ3n) is 3.24. The van der Waals surface area contributed by atoms with Crippen LogP contribution in [0, 0.1) is 11.8 Å². The Hall–Kier alpha value is -0.830. The fraction of sp³-hybridized carbons (Fsp3) is 0.786. The number of aryl methyl sites for hydroxylation is 1. The minimum Gasteiger partial charge on any atom is -0.312 e. The Labute approximate surface area is 106 Å². The zero-order valence-electron chi connectivity index (χ0n) is 12.1. The lowest BCUT2D eigenvalue weighted by atomic mass is 9.90. The van der Waals surface area contributed by atoms with Crippen molar-refractivity contribution in [2.24, 2.45) is 18.9 Å². The van der Waals surface area contributed by atoms with Crippen molar-refractivity contribution in [2.75, 3.05) is 6.54 Å². The molecule has 0 amide bonds. The smallest absolute Gasteiger partial charge is 0.0521 e. The molecule has 0 saturated carbocycles. The van der Waals surface area contributed by atoms with Gasteiger partial charge in [-0.3, -0.25) is 4.68 Å². The fourth-order valence-corrected chi connectivity index (χ4v) is 1.82. The Bertz CT molecular complexity index is 335. The number of rotatable bonds is 5. The van der Waals surface area contributed by atoms with Gasteiger partial charge in [0.1, 0.15) is 0 Å². The molecule has 17 heavy (non-hydrogen) atoms. The van der Waals surface area contributed by atoms with Gasteiger partial charge < -0.3 is 5.32 Å². The largest absolute Gasteiger partial charge is 0.312 e. The molecule has 1 aromatic heterocycles. The van der Waals surface area contributed by atoms with E-state index in [-0.39, 0.29) is 5.54 Å². The lowest BCUT2D eigenvalue weighted by molar-refractivity contribution is 0.317. The molecule has 1 heterocycles. The minimum atomic E-state index is 0.211. The number of hydrogen-bond acceptors (Lipinski definition) is 2. The van der Waals surface area contributed by atoms with Crippen LogP contribution < -0.4 is 5.32 Å². The molecule has 3 nitrogen and oxygen atoms in total. The highest BCUT2D eigenvalue weighted by atomic mass is 15.2. The first-order valence-electron chi connectivity index (χ1n) is 6.50. The third-order valence-corrected chi connectivity index (χ3v) is 3.24. The lowest BCUT2D eigenvalue weighted by Gasteiger charge is -2.26. The highest BCUT2D eigenvalue weighted by Crippen LogP contribution is 2.17. The molecular formula is C14H27N3. The summed E-state index contributed by atoms with van der Waals surface area (Å²) in [6.07, 6.45) is 5.20. The van der Waals surface area contributed by atoms with Crippen molar-refractivity contribution in [3.05, 3.63) is 18.0 Å². The van der Waals surface area contributed by atoms with Crippen LogP contribution in [-0.4, -0.2) is 21.9 Å². The Morgan fingerprint density at radius 3 is 2.41 bits per heavy atom. The number of aromatic nitrogens is 2. The maximum absolute atomic E-state index is 4.22. The van der Waals surface area contributed by atoms with Gasteiger partial charge in [0.25, 0.3) is 0 Å². The van der Waals surface area contributed by atoms with Gasteiger partial charge >= 0.3 is 0 Å². The summed E-state index contributed by atoms with van der Waals surface area (Å²) in [5.41, 5.74) is 1.55. The standard InChI is InChI=1S/C14H27N3/c1-11(7-13-9-16-17(6)10-13)12(2)8-15-14(3,4)5/h9-12,15H,7-8H2,1-6H3. The zero-order valence-corrected chi connectivity index (χ0v) is 12.1. The second-order valence-corrected chi connectivity index (χ2v) is 6.31. The summed E-state index contributed by atoms with van der Waals surface area (Å²) in [5, 5.41) is 7.79. The van der Waals surface area contributed by atoms with E-state index in [2.05, 4.69) is 51.2 Å². The first kappa shape index (κ1) is 14.2. The molecule has 1 aromatic rings. The third kappa shape index (κ3) is 5.35. The van der Waals surface area contributed by atoms with Crippen LogP contribution in [-0.2, 0) is 13.5 Å². The molecule has 0 bridgehead atoms. The van der Waals surface area contributed by atoms with E-state index < -0.39 is 0 Å². The highest BCUT2D eigenvalue weighted by molar-refractivity contribution is 5.04. The van der Waals surface area contributed by atoms with Gasteiger partial charge in [0, 0.05) is 18.8 Å². The van der Waals surface area contributed by atoms with E-state index in [1.54, 1.807) is 0 Å². The Morgan fingerprint density at radius 1 is 1.29 bits per heavy atom. The Kier molecular flexibility index (Phi) is 4.75. The van der Waals surface area contributed by atoms with Crippen LogP contribution in [0.2, 0.25) is 0 Å². The summed E-state index contributed by atoms with van der Waals surface area (Å²) in [6, 6.07) is 0. The first-order valence-corrected chi connectivity index (χ1v) is 6.50. The van der Waals surface area contributed by atoms with Crippen LogP contribution in [0.1, 0.15) is 40.2 Å². The van der Waals surface area contributed by atoms with E-state index in [0.29, 0.717) is 11.8 Å². The predicted octanol–water partition coefficient (Wildman–Crippen LogP) is 2.62. The molecule has 0 spiro atoms. The van der Waals surface area contributed by atoms with Crippen LogP contribution in [0.5, 0.6) is 0 Å². The monoisotopic (exact) mass is 237 g/mol. The summed E-state index contributed by atoms with van der Waals surface area (Å²) in [6.45, 7) is 12.4. The van der Waals surface area contributed by atoms with Crippen molar-refractivity contribution in [2.45, 2.75) is 46.6 Å². The van der Waals surface area contributed by atoms with Crippen molar-refractivity contribution in [1.29, 1.82) is 0 Å². The van der Waals surface area contributed by atoms with E-state index in [0.717, 1.165) is 13.0 Å². The summed E-state index contributed by atoms with van der Waals surface area (Å²) < 4.78 is 1.88. The second-order valence-electron chi connectivity index (χ2n) is 6.31. The molecule has 98 valence electrons. The van der Waals surface area contributed by atoms with Crippen molar-refractivity contribution in [3.8, 4) is 0 Å². The second kappa shape index (κ2) is 5.67. The van der Waals surface area contributed by atoms with Crippen LogP contribution in [0.4, 0.5) is 0 Å². The summed E-state index contributed by atoms with van der Waals surface area (Å²) in [5.74, 6) is 1.35. The SMILES string of the molecule is CC(CNC(C)(C)C)C(C)Cc1cnn(C)c1.